The summed E-state index contributed by atoms with van der Waals surface area (Å²) in [6.45, 7) is 0. The van der Waals surface area contributed by atoms with Crippen LogP contribution in [0.15, 0.2) is 72.8 Å². The summed E-state index contributed by atoms with van der Waals surface area (Å²) in [5, 5.41) is 2.99. The van der Waals surface area contributed by atoms with Gasteiger partial charge in [0.25, 0.3) is 0 Å². The summed E-state index contributed by atoms with van der Waals surface area (Å²) >= 11 is 5.82. The molecule has 3 aromatic rings. The van der Waals surface area contributed by atoms with E-state index in [1.54, 1.807) is 30.3 Å². The molecule has 2 heteroatoms. The number of carbonyl (C=O) groups excluding carboxylic acids is 1. The Hall–Kier alpha value is -2.38. The van der Waals surface area contributed by atoms with Gasteiger partial charge in [0.1, 0.15) is 0 Å². The molecule has 0 radical (unpaired) electrons. The summed E-state index contributed by atoms with van der Waals surface area (Å²) in [6.07, 6.45) is 3.43. The second kappa shape index (κ2) is 5.94. The molecule has 102 valence electrons. The number of allylic oxidation sites excluding steroid dienone is 1. The fourth-order valence-corrected chi connectivity index (χ4v) is 2.32. The summed E-state index contributed by atoms with van der Waals surface area (Å²) < 4.78 is 0. The van der Waals surface area contributed by atoms with Crippen LogP contribution < -0.4 is 0 Å². The van der Waals surface area contributed by atoms with Crippen molar-refractivity contribution in [1.82, 2.24) is 0 Å². The van der Waals surface area contributed by atoms with Gasteiger partial charge in [-0.15, -0.1) is 0 Å². The highest BCUT2D eigenvalue weighted by molar-refractivity contribution is 6.30. The van der Waals surface area contributed by atoms with Crippen LogP contribution in [0.1, 0.15) is 15.9 Å². The van der Waals surface area contributed by atoms with Gasteiger partial charge in [-0.25, -0.2) is 0 Å². The zero-order valence-corrected chi connectivity index (χ0v) is 12.0. The lowest BCUT2D eigenvalue weighted by molar-refractivity contribution is 0.104. The number of halogens is 1. The summed E-state index contributed by atoms with van der Waals surface area (Å²) in [5.41, 5.74) is 1.65. The molecule has 0 amide bonds. The normalized spacial score (nSPS) is 11.1. The van der Waals surface area contributed by atoms with Crippen molar-refractivity contribution in [1.29, 1.82) is 0 Å². The Kier molecular flexibility index (Phi) is 3.85. The van der Waals surface area contributed by atoms with E-state index in [9.17, 15) is 4.79 Å². The highest BCUT2D eigenvalue weighted by Gasteiger charge is 2.01. The van der Waals surface area contributed by atoms with Crippen molar-refractivity contribution in [2.75, 3.05) is 0 Å². The van der Waals surface area contributed by atoms with Crippen LogP contribution in [-0.4, -0.2) is 5.78 Å². The summed E-state index contributed by atoms with van der Waals surface area (Å²) in [7, 11) is 0. The monoisotopic (exact) mass is 292 g/mol. The third-order valence-electron chi connectivity index (χ3n) is 3.33. The van der Waals surface area contributed by atoms with Crippen molar-refractivity contribution >= 4 is 34.2 Å². The average Bonchev–Trinajstić information content (AvgIpc) is 2.53. The predicted octanol–water partition coefficient (Wildman–Crippen LogP) is 5.39. The lowest BCUT2D eigenvalue weighted by Gasteiger charge is -1.99. The Bertz CT molecular complexity index is 816. The summed E-state index contributed by atoms with van der Waals surface area (Å²) in [6, 6.07) is 21.2. The predicted molar refractivity (Wildman–Crippen MR) is 88.8 cm³/mol. The first-order chi connectivity index (χ1) is 10.2. The van der Waals surface area contributed by atoms with Gasteiger partial charge in [0.15, 0.2) is 5.78 Å². The zero-order valence-electron chi connectivity index (χ0n) is 11.3. The lowest BCUT2D eigenvalue weighted by Crippen LogP contribution is -1.93. The minimum Gasteiger partial charge on any atom is -0.289 e. The third kappa shape index (κ3) is 3.21. The highest BCUT2D eigenvalue weighted by Crippen LogP contribution is 2.17. The van der Waals surface area contributed by atoms with E-state index in [1.165, 1.54) is 10.8 Å². The van der Waals surface area contributed by atoms with Gasteiger partial charge >= 0.3 is 0 Å². The number of carbonyl (C=O) groups is 1. The van der Waals surface area contributed by atoms with Gasteiger partial charge in [0, 0.05) is 10.6 Å². The Labute approximate surface area is 128 Å². The molecule has 0 unspecified atom stereocenters. The second-order valence-corrected chi connectivity index (χ2v) is 5.25. The molecule has 0 aliphatic heterocycles. The molecule has 0 fully saturated rings. The number of hydrogen-bond acceptors (Lipinski definition) is 1. The quantitative estimate of drug-likeness (QED) is 0.467. The standard InChI is InChI=1S/C19H13ClO/c20-18-10-8-16(9-11-18)19(21)12-6-14-5-7-15-3-1-2-4-17(15)13-14/h1-13H. The van der Waals surface area contributed by atoms with Gasteiger partial charge in [-0.1, -0.05) is 54.1 Å². The van der Waals surface area contributed by atoms with Gasteiger partial charge in [-0.2, -0.15) is 0 Å². The second-order valence-electron chi connectivity index (χ2n) is 4.81. The Morgan fingerprint density at radius 1 is 0.857 bits per heavy atom. The van der Waals surface area contributed by atoms with E-state index in [0.717, 1.165) is 5.56 Å². The van der Waals surface area contributed by atoms with Crippen LogP contribution in [0.4, 0.5) is 0 Å². The lowest BCUT2D eigenvalue weighted by atomic mass is 10.1. The van der Waals surface area contributed by atoms with E-state index in [2.05, 4.69) is 24.3 Å². The topological polar surface area (TPSA) is 17.1 Å². The maximum Gasteiger partial charge on any atom is 0.185 e. The molecule has 0 saturated carbocycles. The number of hydrogen-bond donors (Lipinski definition) is 0. The zero-order chi connectivity index (χ0) is 14.7. The van der Waals surface area contributed by atoms with Crippen molar-refractivity contribution < 1.29 is 4.79 Å². The molecule has 0 aromatic heterocycles. The van der Waals surface area contributed by atoms with Crippen LogP contribution in [0.3, 0.4) is 0 Å². The fraction of sp³-hybridized carbons (Fsp3) is 0. The van der Waals surface area contributed by atoms with Crippen molar-refractivity contribution in [3.05, 3.63) is 89.0 Å². The number of benzene rings is 3. The van der Waals surface area contributed by atoms with Gasteiger partial charge in [-0.05, 0) is 52.7 Å². The third-order valence-corrected chi connectivity index (χ3v) is 3.58. The van der Waals surface area contributed by atoms with E-state index in [-0.39, 0.29) is 5.78 Å². The van der Waals surface area contributed by atoms with Crippen molar-refractivity contribution in [3.63, 3.8) is 0 Å². The fourth-order valence-electron chi connectivity index (χ4n) is 2.19. The Balaban J connectivity index is 1.83. The molecule has 1 nitrogen and oxygen atoms in total. The maximum absolute atomic E-state index is 12.1. The van der Waals surface area contributed by atoms with E-state index >= 15 is 0 Å². The maximum atomic E-state index is 12.1. The molecule has 0 spiro atoms. The average molecular weight is 293 g/mol. The van der Waals surface area contributed by atoms with Gasteiger partial charge in [0.2, 0.25) is 0 Å². The first-order valence-corrected chi connectivity index (χ1v) is 7.07. The molecule has 0 bridgehead atoms. The smallest absolute Gasteiger partial charge is 0.185 e. The van der Waals surface area contributed by atoms with Crippen LogP contribution in [0.25, 0.3) is 16.8 Å². The number of rotatable bonds is 3. The minimum absolute atomic E-state index is 0.0279. The first kappa shape index (κ1) is 13.6. The van der Waals surface area contributed by atoms with Crippen LogP contribution in [-0.2, 0) is 0 Å². The van der Waals surface area contributed by atoms with Gasteiger partial charge in [0.05, 0.1) is 0 Å². The molecule has 0 N–H and O–H groups in total. The molecule has 3 rings (SSSR count). The first-order valence-electron chi connectivity index (χ1n) is 6.69. The van der Waals surface area contributed by atoms with Crippen LogP contribution in [0.2, 0.25) is 5.02 Å². The molecular weight excluding hydrogens is 280 g/mol. The van der Waals surface area contributed by atoms with E-state index in [0.29, 0.717) is 10.6 Å². The van der Waals surface area contributed by atoms with Crippen molar-refractivity contribution in [2.45, 2.75) is 0 Å². The molecular formula is C19H13ClO. The number of ketones is 1. The molecule has 3 aromatic carbocycles. The molecule has 0 saturated heterocycles. The van der Waals surface area contributed by atoms with Crippen LogP contribution in [0.5, 0.6) is 0 Å². The minimum atomic E-state index is -0.0279. The summed E-state index contributed by atoms with van der Waals surface area (Å²) in [5.74, 6) is -0.0279. The summed E-state index contributed by atoms with van der Waals surface area (Å²) in [4.78, 5) is 12.1. The van der Waals surface area contributed by atoms with Gasteiger partial charge in [-0.3, -0.25) is 4.79 Å². The Morgan fingerprint density at radius 3 is 2.33 bits per heavy atom. The SMILES string of the molecule is O=C(C=Cc1ccc2ccccc2c1)c1ccc(Cl)cc1. The largest absolute Gasteiger partial charge is 0.289 e. The molecule has 0 atom stereocenters. The van der Waals surface area contributed by atoms with Crippen molar-refractivity contribution in [2.24, 2.45) is 0 Å². The molecule has 21 heavy (non-hydrogen) atoms. The molecule has 0 heterocycles. The van der Waals surface area contributed by atoms with Gasteiger partial charge < -0.3 is 0 Å². The Morgan fingerprint density at radius 2 is 1.57 bits per heavy atom. The van der Waals surface area contributed by atoms with E-state index in [4.69, 9.17) is 11.6 Å². The van der Waals surface area contributed by atoms with Crippen molar-refractivity contribution in [3.8, 4) is 0 Å². The van der Waals surface area contributed by atoms with E-state index in [1.807, 2.05) is 24.3 Å². The van der Waals surface area contributed by atoms with E-state index < -0.39 is 0 Å². The number of fused-ring (bicyclic) bond motifs is 1. The van der Waals surface area contributed by atoms with Crippen LogP contribution in [0, 0.1) is 0 Å². The van der Waals surface area contributed by atoms with Crippen LogP contribution >= 0.6 is 11.6 Å². The molecule has 0 aliphatic rings. The highest BCUT2D eigenvalue weighted by atomic mass is 35.5. The molecule has 0 aliphatic carbocycles.